The molecule has 23 nitrogen and oxygen atoms in total. The molecule has 2 aliphatic rings. The van der Waals surface area contributed by atoms with Crippen LogP contribution in [0.3, 0.4) is 0 Å². The van der Waals surface area contributed by atoms with E-state index in [1.807, 2.05) is 0 Å². The molecule has 9 atom stereocenters. The van der Waals surface area contributed by atoms with Crippen molar-refractivity contribution in [2.24, 2.45) is 11.5 Å². The van der Waals surface area contributed by atoms with Crippen LogP contribution in [-0.4, -0.2) is 98.4 Å². The fourth-order valence-corrected chi connectivity index (χ4v) is 6.39. The van der Waals surface area contributed by atoms with Crippen LogP contribution in [0.1, 0.15) is 12.5 Å². The van der Waals surface area contributed by atoms with Crippen LogP contribution >= 0.6 is 15.6 Å². The van der Waals surface area contributed by atoms with Crippen LogP contribution in [0.15, 0.2) is 28.2 Å². The molecule has 5 rings (SSSR count). The van der Waals surface area contributed by atoms with E-state index >= 15 is 0 Å². The molecule has 25 heteroatoms. The van der Waals surface area contributed by atoms with Gasteiger partial charge < -0.3 is 56.7 Å². The van der Waals surface area contributed by atoms with Crippen LogP contribution in [0.25, 0.3) is 11.2 Å². The van der Waals surface area contributed by atoms with Gasteiger partial charge in [0.1, 0.15) is 36.3 Å². The predicted molar refractivity (Wildman–Crippen MR) is 144 cm³/mol. The molecule has 44 heavy (non-hydrogen) atoms. The minimum absolute atomic E-state index is 0.103. The molecule has 2 fully saturated rings. The number of anilines is 2. The molecule has 2 aliphatic heterocycles. The number of aromatic amines is 1. The molecule has 0 aromatic carbocycles. The SMILES string of the molecule is COC([C@H]1O[C@@H](n2ccc(N)nc2=O)[C@H](N)[C@@H]1OP(=O)(O)O)[C@H]1O[C@@H](n2cnc3c(=O)[nH]c(N)nc32)[C@H](N)[C@@H]1OP(=O)(O)O. The Morgan fingerprint density at radius 3 is 2.00 bits per heavy atom. The van der Waals surface area contributed by atoms with Crippen LogP contribution in [0.4, 0.5) is 11.8 Å². The molecule has 0 saturated carbocycles. The molecule has 0 bridgehead atoms. The summed E-state index contributed by atoms with van der Waals surface area (Å²) in [6.07, 6.45) is -8.73. The molecule has 1 unspecified atom stereocenters. The average Bonchev–Trinajstić information content (AvgIpc) is 3.54. The van der Waals surface area contributed by atoms with Crippen molar-refractivity contribution in [3.8, 4) is 0 Å². The van der Waals surface area contributed by atoms with E-state index in [-0.39, 0.29) is 22.9 Å². The summed E-state index contributed by atoms with van der Waals surface area (Å²) >= 11 is 0. The normalized spacial score (nSPS) is 30.2. The van der Waals surface area contributed by atoms with Crippen molar-refractivity contribution in [1.29, 1.82) is 0 Å². The molecule has 0 spiro atoms. The Hall–Kier alpha value is -3.15. The van der Waals surface area contributed by atoms with Crippen molar-refractivity contribution in [3.63, 3.8) is 0 Å². The number of ether oxygens (including phenoxy) is 3. The van der Waals surface area contributed by atoms with Gasteiger partial charge in [-0.3, -0.25) is 28.0 Å². The maximum absolute atomic E-state index is 12.6. The summed E-state index contributed by atoms with van der Waals surface area (Å²) in [6.45, 7) is 0. The fraction of sp³-hybridized carbons (Fsp3) is 0.526. The number of rotatable bonds is 9. The number of aromatic nitrogens is 6. The molecule has 0 radical (unpaired) electrons. The second-order valence-corrected chi connectivity index (χ2v) is 12.2. The highest BCUT2D eigenvalue weighted by atomic mass is 31.2. The van der Waals surface area contributed by atoms with Crippen molar-refractivity contribution in [2.45, 2.75) is 55.1 Å². The lowest BCUT2D eigenvalue weighted by Crippen LogP contribution is -2.53. The van der Waals surface area contributed by atoms with E-state index in [1.165, 1.54) is 16.8 Å². The minimum Gasteiger partial charge on any atom is -0.383 e. The largest absolute Gasteiger partial charge is 0.470 e. The van der Waals surface area contributed by atoms with E-state index in [2.05, 4.69) is 19.9 Å². The molecule has 2 saturated heterocycles. The molecular formula is C19H28N10O13P2. The van der Waals surface area contributed by atoms with Crippen LogP contribution in [0.2, 0.25) is 0 Å². The fourth-order valence-electron chi connectivity index (χ4n) is 5.23. The number of nitrogen functional groups attached to an aromatic ring is 2. The molecular weight excluding hydrogens is 638 g/mol. The molecule has 5 heterocycles. The summed E-state index contributed by atoms with van der Waals surface area (Å²) in [7, 11) is -9.46. The number of nitrogens with one attached hydrogen (secondary N) is 1. The first kappa shape index (κ1) is 32.2. The zero-order valence-electron chi connectivity index (χ0n) is 22.3. The highest BCUT2D eigenvalue weighted by molar-refractivity contribution is 7.46. The number of phosphoric ester groups is 2. The number of hydrogen-bond donors (Lipinski definition) is 9. The second-order valence-electron chi connectivity index (χ2n) is 9.78. The third-order valence-corrected chi connectivity index (χ3v) is 7.98. The van der Waals surface area contributed by atoms with Gasteiger partial charge in [0.2, 0.25) is 5.95 Å². The Morgan fingerprint density at radius 1 is 0.955 bits per heavy atom. The number of nitrogens with zero attached hydrogens (tertiary/aromatic N) is 5. The van der Waals surface area contributed by atoms with E-state index in [0.29, 0.717) is 0 Å². The summed E-state index contributed by atoms with van der Waals surface area (Å²) in [5.41, 5.74) is 21.9. The zero-order chi connectivity index (χ0) is 32.3. The third-order valence-electron chi connectivity index (χ3n) is 6.95. The van der Waals surface area contributed by atoms with E-state index < -0.39 is 82.0 Å². The van der Waals surface area contributed by atoms with E-state index in [9.17, 15) is 38.3 Å². The highest BCUT2D eigenvalue weighted by Crippen LogP contribution is 2.48. The van der Waals surface area contributed by atoms with Crippen molar-refractivity contribution in [2.75, 3.05) is 18.6 Å². The van der Waals surface area contributed by atoms with Gasteiger partial charge in [0.05, 0.1) is 18.4 Å². The van der Waals surface area contributed by atoms with Crippen LogP contribution in [0.5, 0.6) is 0 Å². The van der Waals surface area contributed by atoms with Gasteiger partial charge in [-0.15, -0.1) is 0 Å². The predicted octanol–water partition coefficient (Wildman–Crippen LogP) is -4.04. The topological polar surface area (TPSA) is 364 Å². The molecule has 0 aliphatic carbocycles. The second kappa shape index (κ2) is 11.7. The molecule has 13 N–H and O–H groups in total. The van der Waals surface area contributed by atoms with Crippen LogP contribution in [-0.2, 0) is 32.4 Å². The lowest BCUT2D eigenvalue weighted by atomic mass is 9.96. The summed E-state index contributed by atoms with van der Waals surface area (Å²) in [4.78, 5) is 77.4. The van der Waals surface area contributed by atoms with Crippen molar-refractivity contribution >= 4 is 38.6 Å². The Labute approximate surface area is 244 Å². The van der Waals surface area contributed by atoms with Gasteiger partial charge in [-0.05, 0) is 6.07 Å². The Bertz CT molecular complexity index is 1760. The van der Waals surface area contributed by atoms with E-state index in [4.69, 9.17) is 46.2 Å². The van der Waals surface area contributed by atoms with Crippen LogP contribution < -0.4 is 34.2 Å². The van der Waals surface area contributed by atoms with Gasteiger partial charge >= 0.3 is 21.3 Å². The van der Waals surface area contributed by atoms with Gasteiger partial charge in [-0.2, -0.15) is 9.97 Å². The number of H-pyrrole nitrogens is 1. The van der Waals surface area contributed by atoms with E-state index in [0.717, 1.165) is 18.0 Å². The Kier molecular flexibility index (Phi) is 8.54. The van der Waals surface area contributed by atoms with Crippen molar-refractivity contribution < 1.29 is 52.0 Å². The molecule has 0 amide bonds. The Morgan fingerprint density at radius 2 is 1.50 bits per heavy atom. The highest BCUT2D eigenvalue weighted by Gasteiger charge is 2.58. The van der Waals surface area contributed by atoms with Crippen LogP contribution in [0, 0.1) is 0 Å². The lowest BCUT2D eigenvalue weighted by Gasteiger charge is -2.33. The zero-order valence-corrected chi connectivity index (χ0v) is 24.1. The van der Waals surface area contributed by atoms with Gasteiger partial charge in [-0.1, -0.05) is 0 Å². The van der Waals surface area contributed by atoms with Gasteiger partial charge in [-0.25, -0.2) is 18.9 Å². The monoisotopic (exact) mass is 666 g/mol. The lowest BCUT2D eigenvalue weighted by molar-refractivity contribution is -0.161. The number of phosphoric acid groups is 2. The number of imidazole rings is 1. The summed E-state index contributed by atoms with van der Waals surface area (Å²) in [6, 6.07) is -1.65. The number of nitrogens with two attached hydrogens (primary N) is 4. The number of fused-ring (bicyclic) bond motifs is 1. The summed E-state index contributed by atoms with van der Waals surface area (Å²) < 4.78 is 53.5. The number of hydrogen-bond acceptors (Lipinski definition) is 16. The van der Waals surface area contributed by atoms with Crippen molar-refractivity contribution in [1.82, 2.24) is 29.1 Å². The summed E-state index contributed by atoms with van der Waals surface area (Å²) in [5, 5.41) is 0. The minimum atomic E-state index is -5.29. The molecule has 3 aromatic rings. The molecule has 3 aromatic heterocycles. The summed E-state index contributed by atoms with van der Waals surface area (Å²) in [5.74, 6) is -0.413. The standard InChI is InChI=1S/C19H28N10O13P2/c1-38-11(12-9(41-43(32,33)34)6(21)16(39-12)28-3-2-5(20)25-19(28)31)13-10(42-44(35,36)37)7(22)17(40-13)29-4-24-8-14(29)26-18(23)27-15(8)30/h2-4,6-7,9-13,16-17H,21-22H2,1H3,(H2,20,25,31)(H2,32,33,34)(H2,35,36,37)(H3,23,26,27,30)/t6-,7-,9+,10+,11?,12+,13+,16-,17-/m1/s1. The first-order valence-corrected chi connectivity index (χ1v) is 15.4. The smallest absolute Gasteiger partial charge is 0.383 e. The Balaban J connectivity index is 1.57. The van der Waals surface area contributed by atoms with Gasteiger partial charge in [0.25, 0.3) is 5.56 Å². The maximum atomic E-state index is 12.6. The van der Waals surface area contributed by atoms with E-state index in [1.54, 1.807) is 0 Å². The van der Waals surface area contributed by atoms with Gasteiger partial charge in [0, 0.05) is 13.3 Å². The quantitative estimate of drug-likeness (QED) is 0.0981. The maximum Gasteiger partial charge on any atom is 0.470 e. The first-order valence-electron chi connectivity index (χ1n) is 12.4. The number of methoxy groups -OCH3 is 1. The third kappa shape index (κ3) is 6.19. The first-order chi connectivity index (χ1) is 20.5. The van der Waals surface area contributed by atoms with Gasteiger partial charge in [0.15, 0.2) is 23.6 Å². The van der Waals surface area contributed by atoms with Crippen molar-refractivity contribution in [3.05, 3.63) is 39.4 Å². The molecule has 242 valence electrons. The average molecular weight is 666 g/mol.